The third-order valence-corrected chi connectivity index (χ3v) is 5.46. The Bertz CT molecular complexity index is 1210. The van der Waals surface area contributed by atoms with E-state index >= 15 is 0 Å². The molecular formula is C25H21F4N3O3. The molecule has 2 aromatic carbocycles. The number of nitrogens with one attached hydrogen (secondary N) is 1. The van der Waals surface area contributed by atoms with Crippen LogP contribution < -0.4 is 10.2 Å². The quantitative estimate of drug-likeness (QED) is 0.409. The number of amides is 2. The van der Waals surface area contributed by atoms with Crippen LogP contribution in [0.25, 0.3) is 17.4 Å². The average Bonchev–Trinajstić information content (AvgIpc) is 3.32. The van der Waals surface area contributed by atoms with E-state index in [9.17, 15) is 27.2 Å². The number of nitrogens with zero attached hydrogens (tertiary/aromatic N) is 2. The van der Waals surface area contributed by atoms with Gasteiger partial charge in [-0.05, 0) is 66.7 Å². The summed E-state index contributed by atoms with van der Waals surface area (Å²) in [5, 5.41) is 2.72. The molecule has 2 amide bonds. The molecule has 2 heterocycles. The van der Waals surface area contributed by atoms with E-state index < -0.39 is 12.1 Å². The molecule has 6 nitrogen and oxygen atoms in total. The predicted molar refractivity (Wildman–Crippen MR) is 123 cm³/mol. The van der Waals surface area contributed by atoms with Crippen LogP contribution in [0.15, 0.2) is 71.2 Å². The molecule has 1 fully saturated rings. The van der Waals surface area contributed by atoms with E-state index in [0.29, 0.717) is 22.8 Å². The van der Waals surface area contributed by atoms with Crippen LogP contribution in [0.5, 0.6) is 0 Å². The van der Waals surface area contributed by atoms with E-state index in [1.807, 2.05) is 4.90 Å². The topological polar surface area (TPSA) is 65.8 Å². The number of hydrogen-bond donors (Lipinski definition) is 1. The molecule has 0 atom stereocenters. The molecule has 0 radical (unpaired) electrons. The maximum Gasteiger partial charge on any atom is 0.471 e. The molecule has 35 heavy (non-hydrogen) atoms. The summed E-state index contributed by atoms with van der Waals surface area (Å²) >= 11 is 0. The highest BCUT2D eigenvalue weighted by Gasteiger charge is 2.43. The molecule has 1 aliphatic rings. The minimum absolute atomic E-state index is 0.0166. The summed E-state index contributed by atoms with van der Waals surface area (Å²) in [4.78, 5) is 26.3. The Morgan fingerprint density at radius 3 is 2.17 bits per heavy atom. The number of anilines is 2. The van der Waals surface area contributed by atoms with Crippen molar-refractivity contribution in [3.05, 3.63) is 78.3 Å². The number of benzene rings is 2. The smallest absolute Gasteiger partial charge is 0.457 e. The zero-order chi connectivity index (χ0) is 25.0. The van der Waals surface area contributed by atoms with Gasteiger partial charge in [-0.1, -0.05) is 0 Å². The third kappa shape index (κ3) is 6.08. The van der Waals surface area contributed by atoms with Gasteiger partial charge in [0.15, 0.2) is 0 Å². The van der Waals surface area contributed by atoms with Crippen LogP contribution in [-0.2, 0) is 9.59 Å². The second kappa shape index (κ2) is 10.0. The lowest BCUT2D eigenvalue weighted by molar-refractivity contribution is -0.185. The van der Waals surface area contributed by atoms with Crippen molar-refractivity contribution in [3.63, 3.8) is 0 Å². The number of hydrogen-bond acceptors (Lipinski definition) is 4. The summed E-state index contributed by atoms with van der Waals surface area (Å²) in [5.41, 5.74) is 2.03. The molecule has 4 rings (SSSR count). The summed E-state index contributed by atoms with van der Waals surface area (Å²) in [6.45, 7) is 0.521. The Hall–Kier alpha value is -4.08. The Balaban J connectivity index is 1.29. The molecule has 0 aliphatic carbocycles. The summed E-state index contributed by atoms with van der Waals surface area (Å²) in [6.07, 6.45) is -2.03. The van der Waals surface area contributed by atoms with Crippen molar-refractivity contribution < 1.29 is 31.6 Å². The van der Waals surface area contributed by atoms with Gasteiger partial charge in [-0.25, -0.2) is 4.39 Å². The van der Waals surface area contributed by atoms with Gasteiger partial charge >= 0.3 is 12.1 Å². The van der Waals surface area contributed by atoms with Gasteiger partial charge in [0.25, 0.3) is 0 Å². The Labute approximate surface area is 198 Å². The summed E-state index contributed by atoms with van der Waals surface area (Å²) in [5.74, 6) is -1.53. The lowest BCUT2D eigenvalue weighted by Crippen LogP contribution is -2.52. The van der Waals surface area contributed by atoms with E-state index in [-0.39, 0.29) is 37.9 Å². The molecule has 0 unspecified atom stereocenters. The average molecular weight is 487 g/mol. The van der Waals surface area contributed by atoms with Gasteiger partial charge < -0.3 is 19.5 Å². The Morgan fingerprint density at radius 2 is 1.54 bits per heavy atom. The van der Waals surface area contributed by atoms with Crippen molar-refractivity contribution in [2.45, 2.75) is 6.18 Å². The number of halogens is 4. The first-order valence-corrected chi connectivity index (χ1v) is 10.7. The van der Waals surface area contributed by atoms with Crippen LogP contribution in [0.2, 0.25) is 0 Å². The molecule has 1 saturated heterocycles. The van der Waals surface area contributed by atoms with Gasteiger partial charge in [0.1, 0.15) is 17.3 Å². The second-order valence-corrected chi connectivity index (χ2v) is 7.86. The van der Waals surface area contributed by atoms with E-state index in [0.717, 1.165) is 10.6 Å². The molecule has 0 bridgehead atoms. The van der Waals surface area contributed by atoms with Crippen molar-refractivity contribution in [1.29, 1.82) is 0 Å². The van der Waals surface area contributed by atoms with E-state index in [1.54, 1.807) is 48.5 Å². The minimum atomic E-state index is -4.86. The van der Waals surface area contributed by atoms with E-state index in [4.69, 9.17) is 4.42 Å². The highest BCUT2D eigenvalue weighted by molar-refractivity contribution is 6.01. The number of piperazine rings is 1. The van der Waals surface area contributed by atoms with Crippen LogP contribution in [0, 0.1) is 5.82 Å². The number of carbonyl (C=O) groups is 2. The van der Waals surface area contributed by atoms with Crippen molar-refractivity contribution in [3.8, 4) is 11.3 Å². The number of rotatable bonds is 5. The van der Waals surface area contributed by atoms with Crippen LogP contribution in [0.4, 0.5) is 28.9 Å². The van der Waals surface area contributed by atoms with Gasteiger partial charge in [-0.2, -0.15) is 13.2 Å². The van der Waals surface area contributed by atoms with E-state index in [2.05, 4.69) is 5.32 Å². The molecule has 0 spiro atoms. The minimum Gasteiger partial charge on any atom is -0.457 e. The fraction of sp³-hybridized carbons (Fsp3) is 0.200. The predicted octanol–water partition coefficient (Wildman–Crippen LogP) is 4.95. The lowest BCUT2D eigenvalue weighted by atomic mass is 10.2. The highest BCUT2D eigenvalue weighted by Crippen LogP contribution is 2.24. The van der Waals surface area contributed by atoms with Crippen molar-refractivity contribution >= 4 is 29.3 Å². The zero-order valence-electron chi connectivity index (χ0n) is 18.4. The maximum atomic E-state index is 13.1. The number of carbonyl (C=O) groups excluding carboxylic acids is 2. The number of furan rings is 1. The highest BCUT2D eigenvalue weighted by atomic mass is 19.4. The largest absolute Gasteiger partial charge is 0.471 e. The fourth-order valence-corrected chi connectivity index (χ4v) is 3.66. The Kier molecular flexibility index (Phi) is 6.90. The summed E-state index contributed by atoms with van der Waals surface area (Å²) in [7, 11) is 0. The molecular weight excluding hydrogens is 466 g/mol. The van der Waals surface area contributed by atoms with Crippen molar-refractivity contribution in [1.82, 2.24) is 4.90 Å². The SMILES string of the molecule is O=C(/C=C/c1ccc(-c2ccc(F)cc2)o1)Nc1ccc(N2CCN(C(=O)C(F)(F)F)CC2)cc1. The fourth-order valence-electron chi connectivity index (χ4n) is 3.66. The molecule has 1 aliphatic heterocycles. The number of alkyl halides is 3. The molecule has 0 saturated carbocycles. The van der Waals surface area contributed by atoms with Crippen molar-refractivity contribution in [2.24, 2.45) is 0 Å². The first kappa shape index (κ1) is 24.1. The zero-order valence-corrected chi connectivity index (χ0v) is 18.4. The lowest BCUT2D eigenvalue weighted by Gasteiger charge is -2.36. The van der Waals surface area contributed by atoms with Gasteiger partial charge in [0.2, 0.25) is 5.91 Å². The van der Waals surface area contributed by atoms with Gasteiger partial charge in [-0.15, -0.1) is 0 Å². The van der Waals surface area contributed by atoms with Crippen LogP contribution in [0.1, 0.15) is 5.76 Å². The second-order valence-electron chi connectivity index (χ2n) is 7.86. The summed E-state index contributed by atoms with van der Waals surface area (Å²) in [6, 6.07) is 16.2. The Morgan fingerprint density at radius 1 is 0.886 bits per heavy atom. The first-order valence-electron chi connectivity index (χ1n) is 10.7. The molecule has 182 valence electrons. The third-order valence-electron chi connectivity index (χ3n) is 5.46. The van der Waals surface area contributed by atoms with Gasteiger partial charge in [0, 0.05) is 49.2 Å². The standard InChI is InChI=1S/C25H21F4N3O3/c26-18-3-1-17(2-4-18)22-11-9-21(35-22)10-12-23(33)30-19-5-7-20(8-6-19)31-13-15-32(16-14-31)24(34)25(27,28)29/h1-12H,13-16H2,(H,30,33)/b12-10+. The summed E-state index contributed by atoms with van der Waals surface area (Å²) < 4.78 is 56.4. The molecule has 1 N–H and O–H groups in total. The van der Waals surface area contributed by atoms with Gasteiger partial charge in [-0.3, -0.25) is 9.59 Å². The van der Waals surface area contributed by atoms with E-state index in [1.165, 1.54) is 24.3 Å². The molecule has 10 heteroatoms. The van der Waals surface area contributed by atoms with Crippen LogP contribution >= 0.6 is 0 Å². The monoisotopic (exact) mass is 487 g/mol. The normalized spacial score (nSPS) is 14.4. The van der Waals surface area contributed by atoms with Crippen LogP contribution in [0.3, 0.4) is 0 Å². The molecule has 3 aromatic rings. The van der Waals surface area contributed by atoms with Crippen molar-refractivity contribution in [2.75, 3.05) is 36.4 Å². The first-order chi connectivity index (χ1) is 16.7. The van der Waals surface area contributed by atoms with Crippen LogP contribution in [-0.4, -0.2) is 49.1 Å². The van der Waals surface area contributed by atoms with Gasteiger partial charge in [0.05, 0.1) is 0 Å². The maximum absolute atomic E-state index is 13.1. The molecule has 1 aromatic heterocycles.